The third-order valence-corrected chi connectivity index (χ3v) is 5.07. The van der Waals surface area contributed by atoms with Crippen molar-refractivity contribution < 1.29 is 9.47 Å². The molecule has 0 spiro atoms. The van der Waals surface area contributed by atoms with Crippen LogP contribution >= 0.6 is 0 Å². The van der Waals surface area contributed by atoms with Crippen molar-refractivity contribution in [3.05, 3.63) is 48.7 Å². The van der Waals surface area contributed by atoms with E-state index in [1.807, 2.05) is 24.4 Å². The first kappa shape index (κ1) is 17.6. The van der Waals surface area contributed by atoms with E-state index < -0.39 is 0 Å². The van der Waals surface area contributed by atoms with Crippen LogP contribution in [0.5, 0.6) is 5.75 Å². The standard InChI is InChI=1S/C22H25N3O2/c1-24(2)16-8-9-17-19(14-16)22(25-10-12-27-13-11-25)23-15-20(17)18-6-4-5-7-21(18)26-3/h4-9,14-15H,10-13H2,1-3H3. The molecule has 0 aliphatic carbocycles. The molecule has 0 bridgehead atoms. The predicted octanol–water partition coefficient (Wildman–Crippen LogP) is 3.81. The zero-order valence-corrected chi connectivity index (χ0v) is 16.1. The molecule has 1 fully saturated rings. The molecule has 0 amide bonds. The van der Waals surface area contributed by atoms with E-state index >= 15 is 0 Å². The molecule has 1 aromatic heterocycles. The number of hydrogen-bond donors (Lipinski definition) is 0. The Morgan fingerprint density at radius 3 is 2.52 bits per heavy atom. The van der Waals surface area contributed by atoms with Crippen molar-refractivity contribution in [1.82, 2.24) is 4.98 Å². The van der Waals surface area contributed by atoms with E-state index in [9.17, 15) is 0 Å². The van der Waals surface area contributed by atoms with Gasteiger partial charge in [-0.25, -0.2) is 4.98 Å². The largest absolute Gasteiger partial charge is 0.496 e. The molecule has 5 heteroatoms. The van der Waals surface area contributed by atoms with Crippen molar-refractivity contribution in [3.8, 4) is 16.9 Å². The van der Waals surface area contributed by atoms with Crippen LogP contribution in [-0.2, 0) is 4.74 Å². The van der Waals surface area contributed by atoms with E-state index in [1.165, 1.54) is 5.39 Å². The highest BCUT2D eigenvalue weighted by molar-refractivity contribution is 6.04. The van der Waals surface area contributed by atoms with Crippen LogP contribution in [0.4, 0.5) is 11.5 Å². The summed E-state index contributed by atoms with van der Waals surface area (Å²) < 4.78 is 11.1. The van der Waals surface area contributed by atoms with Gasteiger partial charge in [0, 0.05) is 55.6 Å². The number of aromatic nitrogens is 1. The number of morpholine rings is 1. The Morgan fingerprint density at radius 1 is 1.00 bits per heavy atom. The zero-order valence-electron chi connectivity index (χ0n) is 16.1. The Balaban J connectivity index is 1.94. The van der Waals surface area contributed by atoms with Crippen LogP contribution in [0.25, 0.3) is 21.9 Å². The normalized spacial score (nSPS) is 14.4. The molecule has 3 aromatic rings. The van der Waals surface area contributed by atoms with Crippen molar-refractivity contribution in [1.29, 1.82) is 0 Å². The number of nitrogens with zero attached hydrogens (tertiary/aromatic N) is 3. The van der Waals surface area contributed by atoms with Crippen LogP contribution in [0.1, 0.15) is 0 Å². The molecule has 4 rings (SSSR count). The second-order valence-corrected chi connectivity index (χ2v) is 6.92. The van der Waals surface area contributed by atoms with Crippen LogP contribution in [0.2, 0.25) is 0 Å². The number of methoxy groups -OCH3 is 1. The summed E-state index contributed by atoms with van der Waals surface area (Å²) in [5.41, 5.74) is 3.31. The highest BCUT2D eigenvalue weighted by Gasteiger charge is 2.19. The van der Waals surface area contributed by atoms with Crippen molar-refractivity contribution in [2.75, 3.05) is 57.3 Å². The van der Waals surface area contributed by atoms with Crippen LogP contribution < -0.4 is 14.5 Å². The molecule has 2 heterocycles. The topological polar surface area (TPSA) is 37.8 Å². The molecular weight excluding hydrogens is 338 g/mol. The summed E-state index contributed by atoms with van der Waals surface area (Å²) in [5.74, 6) is 1.88. The Morgan fingerprint density at radius 2 is 1.78 bits per heavy atom. The van der Waals surface area contributed by atoms with Gasteiger partial charge in [-0.3, -0.25) is 0 Å². The monoisotopic (exact) mass is 363 g/mol. The minimum atomic E-state index is 0.741. The first-order chi connectivity index (χ1) is 13.2. The number of hydrogen-bond acceptors (Lipinski definition) is 5. The number of rotatable bonds is 4. The summed E-state index contributed by atoms with van der Waals surface area (Å²) in [6, 6.07) is 14.7. The molecule has 0 unspecified atom stereocenters. The maximum atomic E-state index is 5.59. The quantitative estimate of drug-likeness (QED) is 0.705. The molecule has 0 N–H and O–H groups in total. The number of fused-ring (bicyclic) bond motifs is 1. The van der Waals surface area contributed by atoms with Gasteiger partial charge in [0.15, 0.2) is 0 Å². The van der Waals surface area contributed by atoms with Crippen LogP contribution in [0, 0.1) is 0 Å². The van der Waals surface area contributed by atoms with E-state index in [0.717, 1.165) is 60.1 Å². The van der Waals surface area contributed by atoms with Crippen LogP contribution in [-0.4, -0.2) is 52.5 Å². The number of para-hydroxylation sites is 1. The minimum Gasteiger partial charge on any atom is -0.496 e. The number of benzene rings is 2. The molecular formula is C22H25N3O2. The second kappa shape index (κ2) is 7.45. The third kappa shape index (κ3) is 3.30. The van der Waals surface area contributed by atoms with Gasteiger partial charge in [-0.1, -0.05) is 24.3 Å². The van der Waals surface area contributed by atoms with E-state index in [-0.39, 0.29) is 0 Å². The first-order valence-corrected chi connectivity index (χ1v) is 9.25. The van der Waals surface area contributed by atoms with E-state index in [1.54, 1.807) is 7.11 Å². The highest BCUT2D eigenvalue weighted by Crippen LogP contribution is 2.38. The summed E-state index contributed by atoms with van der Waals surface area (Å²) in [6.07, 6.45) is 1.97. The average molecular weight is 363 g/mol. The lowest BCUT2D eigenvalue weighted by Gasteiger charge is -2.29. The van der Waals surface area contributed by atoms with Gasteiger partial charge in [-0.05, 0) is 23.6 Å². The van der Waals surface area contributed by atoms with Gasteiger partial charge in [0.05, 0.1) is 20.3 Å². The summed E-state index contributed by atoms with van der Waals surface area (Å²) in [4.78, 5) is 9.32. The van der Waals surface area contributed by atoms with Gasteiger partial charge in [0.25, 0.3) is 0 Å². The molecule has 0 radical (unpaired) electrons. The lowest BCUT2D eigenvalue weighted by atomic mass is 9.98. The van der Waals surface area contributed by atoms with Crippen molar-refractivity contribution in [2.45, 2.75) is 0 Å². The van der Waals surface area contributed by atoms with Crippen LogP contribution in [0.3, 0.4) is 0 Å². The lowest BCUT2D eigenvalue weighted by molar-refractivity contribution is 0.122. The maximum Gasteiger partial charge on any atom is 0.136 e. The third-order valence-electron chi connectivity index (χ3n) is 5.07. The Labute approximate surface area is 160 Å². The Kier molecular flexibility index (Phi) is 4.86. The van der Waals surface area contributed by atoms with Gasteiger partial charge in [0.1, 0.15) is 11.6 Å². The minimum absolute atomic E-state index is 0.741. The van der Waals surface area contributed by atoms with Crippen LogP contribution in [0.15, 0.2) is 48.7 Å². The Hall–Kier alpha value is -2.79. The van der Waals surface area contributed by atoms with Crippen molar-refractivity contribution >= 4 is 22.3 Å². The summed E-state index contributed by atoms with van der Waals surface area (Å²) in [5, 5.41) is 2.34. The molecule has 1 aliphatic heterocycles. The summed E-state index contributed by atoms with van der Waals surface area (Å²) in [6.45, 7) is 3.21. The maximum absolute atomic E-state index is 5.59. The lowest BCUT2D eigenvalue weighted by Crippen LogP contribution is -2.36. The molecule has 140 valence electrons. The molecule has 0 saturated carbocycles. The zero-order chi connectivity index (χ0) is 18.8. The highest BCUT2D eigenvalue weighted by atomic mass is 16.5. The van der Waals surface area contributed by atoms with Gasteiger partial charge < -0.3 is 19.3 Å². The molecule has 1 aliphatic rings. The van der Waals surface area contributed by atoms with Gasteiger partial charge in [-0.15, -0.1) is 0 Å². The molecule has 1 saturated heterocycles. The smallest absolute Gasteiger partial charge is 0.136 e. The fraction of sp³-hybridized carbons (Fsp3) is 0.318. The van der Waals surface area contributed by atoms with E-state index in [4.69, 9.17) is 14.5 Å². The number of ether oxygens (including phenoxy) is 2. The fourth-order valence-corrected chi connectivity index (χ4v) is 3.60. The van der Waals surface area contributed by atoms with Crippen molar-refractivity contribution in [2.24, 2.45) is 0 Å². The first-order valence-electron chi connectivity index (χ1n) is 9.25. The van der Waals surface area contributed by atoms with Crippen molar-refractivity contribution in [3.63, 3.8) is 0 Å². The van der Waals surface area contributed by atoms with Gasteiger partial charge in [0.2, 0.25) is 0 Å². The molecule has 2 aromatic carbocycles. The van der Waals surface area contributed by atoms with Gasteiger partial charge >= 0.3 is 0 Å². The molecule has 0 atom stereocenters. The van der Waals surface area contributed by atoms with E-state index in [2.05, 4.69) is 48.2 Å². The van der Waals surface area contributed by atoms with E-state index in [0.29, 0.717) is 0 Å². The predicted molar refractivity (Wildman–Crippen MR) is 111 cm³/mol. The number of anilines is 2. The van der Waals surface area contributed by atoms with Gasteiger partial charge in [-0.2, -0.15) is 0 Å². The SMILES string of the molecule is COc1ccccc1-c1cnc(N2CCOCC2)c2cc(N(C)C)ccc12. The Bertz CT molecular complexity index is 949. The number of pyridine rings is 1. The average Bonchev–Trinajstić information content (AvgIpc) is 2.73. The molecule has 27 heavy (non-hydrogen) atoms. The fourth-order valence-electron chi connectivity index (χ4n) is 3.60. The second-order valence-electron chi connectivity index (χ2n) is 6.92. The summed E-state index contributed by atoms with van der Waals surface area (Å²) in [7, 11) is 5.83. The molecule has 5 nitrogen and oxygen atoms in total. The summed E-state index contributed by atoms with van der Waals surface area (Å²) >= 11 is 0.